The highest BCUT2D eigenvalue weighted by Crippen LogP contribution is 2.38. The molecule has 1 saturated heterocycles. The molecule has 124 valence electrons. The number of nitrogens with zero attached hydrogens (tertiary/aromatic N) is 1. The smallest absolute Gasteiger partial charge is 0.165 e. The van der Waals surface area contributed by atoms with Crippen molar-refractivity contribution in [1.82, 2.24) is 4.90 Å². The van der Waals surface area contributed by atoms with Gasteiger partial charge in [-0.15, -0.1) is 0 Å². The summed E-state index contributed by atoms with van der Waals surface area (Å²) in [5.41, 5.74) is 7.25. The van der Waals surface area contributed by atoms with Crippen LogP contribution in [0.15, 0.2) is 18.2 Å². The highest BCUT2D eigenvalue weighted by molar-refractivity contribution is 5.48. The van der Waals surface area contributed by atoms with E-state index in [0.29, 0.717) is 6.54 Å². The molecule has 1 unspecified atom stereocenters. The number of hydrogen-bond donors (Lipinski definition) is 1. The monoisotopic (exact) mass is 306 g/mol. The summed E-state index contributed by atoms with van der Waals surface area (Å²) in [5.74, 6) is 1.69. The maximum atomic E-state index is 6.10. The van der Waals surface area contributed by atoms with Crippen LogP contribution in [0.1, 0.15) is 50.6 Å². The van der Waals surface area contributed by atoms with Crippen molar-refractivity contribution in [2.45, 2.75) is 45.1 Å². The van der Waals surface area contributed by atoms with Crippen LogP contribution in [-0.4, -0.2) is 38.3 Å². The van der Waals surface area contributed by atoms with Crippen molar-refractivity contribution >= 4 is 0 Å². The maximum Gasteiger partial charge on any atom is 0.165 e. The van der Waals surface area contributed by atoms with Gasteiger partial charge in [-0.25, -0.2) is 0 Å². The topological polar surface area (TPSA) is 47.7 Å². The fraction of sp³-hybridized carbons (Fsp3) is 0.667. The van der Waals surface area contributed by atoms with Gasteiger partial charge in [-0.1, -0.05) is 31.9 Å². The molecule has 1 atom stereocenters. The highest BCUT2D eigenvalue weighted by Gasteiger charge is 2.26. The number of rotatable bonds is 9. The number of methoxy groups -OCH3 is 1. The molecule has 4 heteroatoms. The average Bonchev–Trinajstić information content (AvgIpc) is 3.07. The number of unbranched alkanes of at least 4 members (excludes halogenated alkanes) is 2. The molecule has 0 aliphatic carbocycles. The van der Waals surface area contributed by atoms with Gasteiger partial charge in [-0.3, -0.25) is 4.90 Å². The van der Waals surface area contributed by atoms with Crippen molar-refractivity contribution in [3.8, 4) is 11.5 Å². The number of benzene rings is 1. The molecule has 22 heavy (non-hydrogen) atoms. The molecule has 0 spiro atoms. The number of nitrogens with two attached hydrogens (primary N) is 1. The lowest BCUT2D eigenvalue weighted by Gasteiger charge is -2.28. The minimum atomic E-state index is 0.221. The van der Waals surface area contributed by atoms with E-state index in [-0.39, 0.29) is 6.04 Å². The van der Waals surface area contributed by atoms with Gasteiger partial charge >= 0.3 is 0 Å². The molecule has 0 saturated carbocycles. The van der Waals surface area contributed by atoms with E-state index in [1.54, 1.807) is 7.11 Å². The Labute approximate surface area is 134 Å². The van der Waals surface area contributed by atoms with E-state index in [0.717, 1.165) is 37.6 Å². The van der Waals surface area contributed by atoms with Crippen LogP contribution in [0, 0.1) is 0 Å². The van der Waals surface area contributed by atoms with Crippen LogP contribution in [0.25, 0.3) is 0 Å². The molecule has 1 aromatic rings. The zero-order chi connectivity index (χ0) is 15.8. The van der Waals surface area contributed by atoms with Gasteiger partial charge in [0.25, 0.3) is 0 Å². The molecule has 0 amide bonds. The summed E-state index contributed by atoms with van der Waals surface area (Å²) < 4.78 is 11.6. The predicted octanol–water partition coefficient (Wildman–Crippen LogP) is 3.36. The van der Waals surface area contributed by atoms with Gasteiger partial charge < -0.3 is 15.2 Å². The Bertz CT molecular complexity index is 445. The third-order valence-electron chi connectivity index (χ3n) is 4.39. The quantitative estimate of drug-likeness (QED) is 0.711. The fourth-order valence-corrected chi connectivity index (χ4v) is 3.16. The molecule has 0 bridgehead atoms. The fourth-order valence-electron chi connectivity index (χ4n) is 3.16. The second kappa shape index (κ2) is 9.01. The minimum absolute atomic E-state index is 0.221. The molecule has 1 aliphatic heterocycles. The highest BCUT2D eigenvalue weighted by atomic mass is 16.5. The second-order valence-corrected chi connectivity index (χ2v) is 5.93. The molecular weight excluding hydrogens is 276 g/mol. The molecule has 2 rings (SSSR count). The molecule has 1 aromatic carbocycles. The minimum Gasteiger partial charge on any atom is -0.493 e. The van der Waals surface area contributed by atoms with E-state index in [1.807, 2.05) is 12.1 Å². The molecule has 2 N–H and O–H groups in total. The molecule has 1 heterocycles. The van der Waals surface area contributed by atoms with Gasteiger partial charge in [0.2, 0.25) is 0 Å². The summed E-state index contributed by atoms with van der Waals surface area (Å²) >= 11 is 0. The third-order valence-corrected chi connectivity index (χ3v) is 4.39. The molecule has 0 radical (unpaired) electrons. The van der Waals surface area contributed by atoms with Crippen molar-refractivity contribution in [2.24, 2.45) is 5.73 Å². The van der Waals surface area contributed by atoms with Crippen molar-refractivity contribution in [2.75, 3.05) is 33.4 Å². The Morgan fingerprint density at radius 2 is 2.00 bits per heavy atom. The standard InChI is InChI=1S/C18H30N2O2/c1-3-4-7-13-22-18-15(9-8-10-17(18)21-2)16(14-19)20-11-5-6-12-20/h8-10,16H,3-7,11-14,19H2,1-2H3. The summed E-state index contributed by atoms with van der Waals surface area (Å²) in [7, 11) is 1.70. The molecular formula is C18H30N2O2. The number of ether oxygens (including phenoxy) is 2. The lowest BCUT2D eigenvalue weighted by atomic mass is 10.0. The van der Waals surface area contributed by atoms with E-state index in [2.05, 4.69) is 17.9 Å². The summed E-state index contributed by atoms with van der Waals surface area (Å²) in [6.45, 7) is 5.78. The van der Waals surface area contributed by atoms with Gasteiger partial charge in [0, 0.05) is 12.1 Å². The van der Waals surface area contributed by atoms with Crippen molar-refractivity contribution < 1.29 is 9.47 Å². The van der Waals surface area contributed by atoms with E-state index < -0.39 is 0 Å². The van der Waals surface area contributed by atoms with Crippen LogP contribution in [0.5, 0.6) is 11.5 Å². The first-order valence-electron chi connectivity index (χ1n) is 8.55. The van der Waals surface area contributed by atoms with Gasteiger partial charge in [0.05, 0.1) is 19.8 Å². The lowest BCUT2D eigenvalue weighted by Crippen LogP contribution is -2.31. The molecule has 0 aromatic heterocycles. The largest absolute Gasteiger partial charge is 0.493 e. The number of likely N-dealkylation sites (tertiary alicyclic amines) is 1. The Balaban J connectivity index is 2.20. The van der Waals surface area contributed by atoms with Crippen LogP contribution >= 0.6 is 0 Å². The molecule has 1 fully saturated rings. The third kappa shape index (κ3) is 4.14. The Morgan fingerprint density at radius 1 is 1.23 bits per heavy atom. The van der Waals surface area contributed by atoms with Crippen LogP contribution in [0.2, 0.25) is 0 Å². The normalized spacial score (nSPS) is 16.7. The summed E-state index contributed by atoms with van der Waals surface area (Å²) in [4.78, 5) is 2.47. The SMILES string of the molecule is CCCCCOc1c(OC)cccc1C(CN)N1CCCC1. The first-order valence-corrected chi connectivity index (χ1v) is 8.55. The second-order valence-electron chi connectivity index (χ2n) is 5.93. The zero-order valence-electron chi connectivity index (χ0n) is 14.0. The molecule has 1 aliphatic rings. The summed E-state index contributed by atoms with van der Waals surface area (Å²) in [6.07, 6.45) is 5.98. The predicted molar refractivity (Wildman–Crippen MR) is 90.6 cm³/mol. The first kappa shape index (κ1) is 17.1. The van der Waals surface area contributed by atoms with Crippen LogP contribution in [-0.2, 0) is 0 Å². The Hall–Kier alpha value is -1.26. The summed E-state index contributed by atoms with van der Waals surface area (Å²) in [6, 6.07) is 6.36. The van der Waals surface area contributed by atoms with Crippen LogP contribution < -0.4 is 15.2 Å². The maximum absolute atomic E-state index is 6.10. The number of hydrogen-bond acceptors (Lipinski definition) is 4. The van der Waals surface area contributed by atoms with Gasteiger partial charge in [0.1, 0.15) is 0 Å². The Morgan fingerprint density at radius 3 is 2.64 bits per heavy atom. The average molecular weight is 306 g/mol. The zero-order valence-corrected chi connectivity index (χ0v) is 14.0. The summed E-state index contributed by atoms with van der Waals surface area (Å²) in [5, 5.41) is 0. The Kier molecular flexibility index (Phi) is 7.00. The van der Waals surface area contributed by atoms with E-state index in [9.17, 15) is 0 Å². The first-order chi connectivity index (χ1) is 10.8. The van der Waals surface area contributed by atoms with Gasteiger partial charge in [-0.2, -0.15) is 0 Å². The van der Waals surface area contributed by atoms with Crippen molar-refractivity contribution in [3.05, 3.63) is 23.8 Å². The van der Waals surface area contributed by atoms with Crippen molar-refractivity contribution in [3.63, 3.8) is 0 Å². The van der Waals surface area contributed by atoms with Crippen molar-refractivity contribution in [1.29, 1.82) is 0 Å². The van der Waals surface area contributed by atoms with Crippen LogP contribution in [0.3, 0.4) is 0 Å². The van der Waals surface area contributed by atoms with E-state index in [1.165, 1.54) is 31.2 Å². The van der Waals surface area contributed by atoms with Crippen LogP contribution in [0.4, 0.5) is 0 Å². The number of para-hydroxylation sites is 1. The lowest BCUT2D eigenvalue weighted by molar-refractivity contribution is 0.233. The van der Waals surface area contributed by atoms with Gasteiger partial charge in [0.15, 0.2) is 11.5 Å². The van der Waals surface area contributed by atoms with Gasteiger partial charge in [-0.05, 0) is 38.4 Å². The van der Waals surface area contributed by atoms with E-state index >= 15 is 0 Å². The molecule has 4 nitrogen and oxygen atoms in total. The van der Waals surface area contributed by atoms with E-state index in [4.69, 9.17) is 15.2 Å².